The Morgan fingerprint density at radius 1 is 1.25 bits per heavy atom. The molecule has 2 nitrogen and oxygen atoms in total. The van der Waals surface area contributed by atoms with Crippen LogP contribution in [0.2, 0.25) is 0 Å². The highest BCUT2D eigenvalue weighted by Gasteiger charge is 2.10. The first-order valence-corrected chi connectivity index (χ1v) is 6.33. The van der Waals surface area contributed by atoms with Crippen LogP contribution in [0.1, 0.15) is 38.8 Å². The van der Waals surface area contributed by atoms with Crippen LogP contribution in [-0.2, 0) is 4.79 Å². The van der Waals surface area contributed by atoms with Gasteiger partial charge in [0.15, 0.2) is 0 Å². The van der Waals surface area contributed by atoms with E-state index in [1.165, 1.54) is 0 Å². The minimum atomic E-state index is 0.0688. The zero-order valence-electron chi connectivity index (χ0n) is 9.96. The van der Waals surface area contributed by atoms with Gasteiger partial charge in [0.1, 0.15) is 0 Å². The molecule has 0 saturated carbocycles. The highest BCUT2D eigenvalue weighted by atomic mass is 79.9. The van der Waals surface area contributed by atoms with E-state index in [2.05, 4.69) is 21.2 Å². The van der Waals surface area contributed by atoms with Gasteiger partial charge in [-0.1, -0.05) is 41.9 Å². The lowest BCUT2D eigenvalue weighted by Gasteiger charge is -2.15. The molecule has 1 amide bonds. The molecule has 0 aliphatic carbocycles. The molecule has 0 radical (unpaired) electrons. The highest BCUT2D eigenvalue weighted by Crippen LogP contribution is 2.16. The van der Waals surface area contributed by atoms with Crippen LogP contribution in [0.3, 0.4) is 0 Å². The molecule has 0 saturated heterocycles. The minimum absolute atomic E-state index is 0.0688. The van der Waals surface area contributed by atoms with E-state index >= 15 is 0 Å². The number of amides is 1. The molecule has 1 atom stereocenters. The molecular formula is C13H18BrNO. The Balaban J connectivity index is 2.55. The highest BCUT2D eigenvalue weighted by molar-refractivity contribution is 9.10. The van der Waals surface area contributed by atoms with Crippen LogP contribution in [-0.4, -0.2) is 5.91 Å². The fourth-order valence-electron chi connectivity index (χ4n) is 1.51. The number of halogens is 1. The molecule has 1 aromatic carbocycles. The number of carbonyl (C=O) groups is 1. The van der Waals surface area contributed by atoms with Crippen LogP contribution in [0.15, 0.2) is 28.7 Å². The fourth-order valence-corrected chi connectivity index (χ4v) is 1.77. The van der Waals surface area contributed by atoms with Crippen LogP contribution in [0.5, 0.6) is 0 Å². The third kappa shape index (κ3) is 4.35. The molecule has 0 aliphatic rings. The monoisotopic (exact) mass is 283 g/mol. The van der Waals surface area contributed by atoms with Gasteiger partial charge in [0, 0.05) is 10.9 Å². The molecule has 0 spiro atoms. The number of carbonyl (C=O) groups excluding carboxylic acids is 1. The first-order valence-electron chi connectivity index (χ1n) is 5.54. The van der Waals surface area contributed by atoms with E-state index in [0.717, 1.165) is 10.0 Å². The summed E-state index contributed by atoms with van der Waals surface area (Å²) >= 11 is 3.39. The molecule has 3 heteroatoms. The third-order valence-corrected chi connectivity index (χ3v) is 2.87. The lowest BCUT2D eigenvalue weighted by molar-refractivity contribution is -0.122. The molecule has 0 aliphatic heterocycles. The molecule has 1 unspecified atom stereocenters. The summed E-state index contributed by atoms with van der Waals surface area (Å²) in [5, 5.41) is 2.99. The lowest BCUT2D eigenvalue weighted by Crippen LogP contribution is -2.27. The summed E-state index contributed by atoms with van der Waals surface area (Å²) in [5.41, 5.74) is 1.13. The summed E-state index contributed by atoms with van der Waals surface area (Å²) in [6, 6.07) is 8.08. The summed E-state index contributed by atoms with van der Waals surface area (Å²) in [6.07, 6.45) is 0.584. The van der Waals surface area contributed by atoms with Gasteiger partial charge in [-0.2, -0.15) is 0 Å². The van der Waals surface area contributed by atoms with Gasteiger partial charge < -0.3 is 5.32 Å². The first-order chi connectivity index (χ1) is 7.49. The number of hydrogen-bond acceptors (Lipinski definition) is 1. The topological polar surface area (TPSA) is 29.1 Å². The average molecular weight is 284 g/mol. The van der Waals surface area contributed by atoms with Gasteiger partial charge >= 0.3 is 0 Å². The second kappa shape index (κ2) is 6.04. The molecule has 0 aromatic heterocycles. The van der Waals surface area contributed by atoms with Crippen LogP contribution in [0, 0.1) is 5.92 Å². The van der Waals surface area contributed by atoms with Crippen molar-refractivity contribution in [1.82, 2.24) is 5.32 Å². The van der Waals surface area contributed by atoms with Gasteiger partial charge in [-0.15, -0.1) is 0 Å². The van der Waals surface area contributed by atoms with Crippen molar-refractivity contribution in [3.05, 3.63) is 34.3 Å². The quantitative estimate of drug-likeness (QED) is 0.898. The third-order valence-electron chi connectivity index (χ3n) is 2.34. The zero-order chi connectivity index (χ0) is 12.1. The van der Waals surface area contributed by atoms with Crippen molar-refractivity contribution in [1.29, 1.82) is 0 Å². The maximum absolute atomic E-state index is 11.6. The summed E-state index contributed by atoms with van der Waals surface area (Å²) in [5.74, 6) is 0.516. The normalized spacial score (nSPS) is 12.6. The van der Waals surface area contributed by atoms with E-state index in [0.29, 0.717) is 12.3 Å². The predicted molar refractivity (Wildman–Crippen MR) is 70.2 cm³/mol. The van der Waals surface area contributed by atoms with Crippen molar-refractivity contribution < 1.29 is 4.79 Å². The van der Waals surface area contributed by atoms with Gasteiger partial charge in [-0.25, -0.2) is 0 Å². The Labute approximate surface area is 106 Å². The van der Waals surface area contributed by atoms with E-state index in [4.69, 9.17) is 0 Å². The Morgan fingerprint density at radius 3 is 2.31 bits per heavy atom. The maximum Gasteiger partial charge on any atom is 0.220 e. The number of hydrogen-bond donors (Lipinski definition) is 1. The Bertz CT molecular complexity index is 345. The van der Waals surface area contributed by atoms with Crippen molar-refractivity contribution >= 4 is 21.8 Å². The van der Waals surface area contributed by atoms with Gasteiger partial charge in [0.05, 0.1) is 6.04 Å². The second-order valence-corrected chi connectivity index (χ2v) is 5.35. The van der Waals surface area contributed by atoms with Crippen LogP contribution in [0.4, 0.5) is 0 Å². The molecule has 1 aromatic rings. The second-order valence-electron chi connectivity index (χ2n) is 4.44. The number of benzene rings is 1. The lowest BCUT2D eigenvalue weighted by atomic mass is 10.1. The van der Waals surface area contributed by atoms with Gasteiger partial charge in [-0.05, 0) is 30.5 Å². The minimum Gasteiger partial charge on any atom is -0.350 e. The first kappa shape index (κ1) is 13.2. The smallest absolute Gasteiger partial charge is 0.220 e. The fraction of sp³-hybridized carbons (Fsp3) is 0.462. The summed E-state index contributed by atoms with van der Waals surface area (Å²) in [7, 11) is 0. The van der Waals surface area contributed by atoms with E-state index in [1.807, 2.05) is 45.0 Å². The number of rotatable bonds is 4. The standard InChI is InChI=1S/C13H18BrNO/c1-9(2)8-13(16)15-10(3)11-4-6-12(14)7-5-11/h4-7,9-10H,8H2,1-3H3,(H,15,16). The van der Waals surface area contributed by atoms with Crippen LogP contribution < -0.4 is 5.32 Å². The van der Waals surface area contributed by atoms with Gasteiger partial charge in [-0.3, -0.25) is 4.79 Å². The van der Waals surface area contributed by atoms with E-state index in [1.54, 1.807) is 0 Å². The molecule has 88 valence electrons. The van der Waals surface area contributed by atoms with Crippen molar-refractivity contribution in [2.24, 2.45) is 5.92 Å². The molecular weight excluding hydrogens is 266 g/mol. The van der Waals surface area contributed by atoms with Crippen molar-refractivity contribution in [2.45, 2.75) is 33.2 Å². The SMILES string of the molecule is CC(C)CC(=O)NC(C)c1ccc(Br)cc1. The van der Waals surface area contributed by atoms with Gasteiger partial charge in [0.2, 0.25) is 5.91 Å². The zero-order valence-corrected chi connectivity index (χ0v) is 11.5. The molecule has 1 N–H and O–H groups in total. The molecule has 1 rings (SSSR count). The molecule has 0 heterocycles. The van der Waals surface area contributed by atoms with Gasteiger partial charge in [0.25, 0.3) is 0 Å². The predicted octanol–water partition coefficient (Wildman–Crippen LogP) is 3.67. The van der Waals surface area contributed by atoms with Crippen LogP contribution in [0.25, 0.3) is 0 Å². The van der Waals surface area contributed by atoms with Crippen molar-refractivity contribution in [3.63, 3.8) is 0 Å². The number of nitrogens with one attached hydrogen (secondary N) is 1. The van der Waals surface area contributed by atoms with Crippen LogP contribution >= 0.6 is 15.9 Å². The summed E-state index contributed by atoms with van der Waals surface area (Å²) < 4.78 is 1.05. The van der Waals surface area contributed by atoms with Crippen molar-refractivity contribution in [2.75, 3.05) is 0 Å². The molecule has 0 bridgehead atoms. The Morgan fingerprint density at radius 2 is 1.81 bits per heavy atom. The summed E-state index contributed by atoms with van der Waals surface area (Å²) in [4.78, 5) is 11.6. The average Bonchev–Trinajstić information content (AvgIpc) is 2.16. The van der Waals surface area contributed by atoms with Crippen molar-refractivity contribution in [3.8, 4) is 0 Å². The van der Waals surface area contributed by atoms with E-state index in [9.17, 15) is 4.79 Å². The van der Waals surface area contributed by atoms with E-state index < -0.39 is 0 Å². The van der Waals surface area contributed by atoms with E-state index in [-0.39, 0.29) is 11.9 Å². The Hall–Kier alpha value is -0.830. The summed E-state index contributed by atoms with van der Waals surface area (Å²) in [6.45, 7) is 6.09. The Kier molecular flexibility index (Phi) is 5.00. The maximum atomic E-state index is 11.6. The molecule has 16 heavy (non-hydrogen) atoms. The molecule has 0 fully saturated rings. The largest absolute Gasteiger partial charge is 0.350 e.